The first-order valence-electron chi connectivity index (χ1n) is 7.15. The summed E-state index contributed by atoms with van der Waals surface area (Å²) in [7, 11) is 0. The maximum Gasteiger partial charge on any atom is 0.230 e. The number of aliphatic hydroxyl groups is 1. The molecule has 0 aliphatic heterocycles. The minimum Gasteiger partial charge on any atom is -0.393 e. The summed E-state index contributed by atoms with van der Waals surface area (Å²) in [6.45, 7) is 10.2. The zero-order chi connectivity index (χ0) is 16.0. The number of aryl methyl sites for hydroxylation is 2. The molecule has 1 atom stereocenters. The van der Waals surface area contributed by atoms with Crippen molar-refractivity contribution in [2.24, 2.45) is 5.41 Å². The van der Waals surface area contributed by atoms with Crippen molar-refractivity contribution in [2.75, 3.05) is 12.3 Å². The molecule has 0 aromatic carbocycles. The second kappa shape index (κ2) is 7.84. The van der Waals surface area contributed by atoms with Crippen LogP contribution in [0, 0.1) is 19.3 Å². The SMILES string of the molecule is Cc1noc(C)c1CSCC(=O)NCC(C)(C)CC(C)O. The Labute approximate surface area is 130 Å². The van der Waals surface area contributed by atoms with E-state index in [2.05, 4.69) is 10.5 Å². The number of carbonyl (C=O) groups excluding carboxylic acids is 1. The predicted molar refractivity (Wildman–Crippen MR) is 85.2 cm³/mol. The summed E-state index contributed by atoms with van der Waals surface area (Å²) >= 11 is 1.55. The first-order valence-corrected chi connectivity index (χ1v) is 8.31. The van der Waals surface area contributed by atoms with Gasteiger partial charge in [-0.3, -0.25) is 4.79 Å². The van der Waals surface area contributed by atoms with Gasteiger partial charge in [0.15, 0.2) is 0 Å². The number of nitrogens with zero attached hydrogens (tertiary/aromatic N) is 1. The Morgan fingerprint density at radius 1 is 1.48 bits per heavy atom. The number of carbonyl (C=O) groups is 1. The van der Waals surface area contributed by atoms with Crippen molar-refractivity contribution in [3.8, 4) is 0 Å². The molecule has 1 heterocycles. The molecule has 0 radical (unpaired) electrons. The molecule has 5 nitrogen and oxygen atoms in total. The fourth-order valence-electron chi connectivity index (χ4n) is 2.21. The van der Waals surface area contributed by atoms with Crippen LogP contribution in [0.2, 0.25) is 0 Å². The summed E-state index contributed by atoms with van der Waals surface area (Å²) < 4.78 is 5.09. The number of rotatable bonds is 8. The average Bonchev–Trinajstić information content (AvgIpc) is 2.66. The van der Waals surface area contributed by atoms with Crippen LogP contribution in [0.4, 0.5) is 0 Å². The van der Waals surface area contributed by atoms with Crippen LogP contribution in [0.5, 0.6) is 0 Å². The quantitative estimate of drug-likeness (QED) is 0.771. The summed E-state index contributed by atoms with van der Waals surface area (Å²) in [4.78, 5) is 11.8. The molecule has 0 fully saturated rings. The van der Waals surface area contributed by atoms with Crippen LogP contribution in [-0.2, 0) is 10.5 Å². The van der Waals surface area contributed by atoms with Gasteiger partial charge >= 0.3 is 0 Å². The van der Waals surface area contributed by atoms with Crippen LogP contribution in [0.1, 0.15) is 44.2 Å². The lowest BCUT2D eigenvalue weighted by atomic mass is 9.87. The topological polar surface area (TPSA) is 75.4 Å². The highest BCUT2D eigenvalue weighted by molar-refractivity contribution is 7.99. The molecular weight excluding hydrogens is 288 g/mol. The molecule has 0 saturated carbocycles. The molecule has 0 bridgehead atoms. The fraction of sp³-hybridized carbons (Fsp3) is 0.733. The Kier molecular flexibility index (Phi) is 6.74. The van der Waals surface area contributed by atoms with Crippen molar-refractivity contribution in [2.45, 2.75) is 52.9 Å². The predicted octanol–water partition coefficient (Wildman–Crippen LogP) is 2.44. The largest absolute Gasteiger partial charge is 0.393 e. The highest BCUT2D eigenvalue weighted by atomic mass is 32.2. The maximum atomic E-state index is 11.8. The van der Waals surface area contributed by atoms with Gasteiger partial charge in [-0.05, 0) is 32.6 Å². The molecule has 1 rings (SSSR count). The highest BCUT2D eigenvalue weighted by Gasteiger charge is 2.21. The van der Waals surface area contributed by atoms with Crippen molar-refractivity contribution in [1.29, 1.82) is 0 Å². The van der Waals surface area contributed by atoms with Gasteiger partial charge in [-0.2, -0.15) is 0 Å². The number of aliphatic hydroxyl groups excluding tert-OH is 1. The monoisotopic (exact) mass is 314 g/mol. The molecule has 21 heavy (non-hydrogen) atoms. The molecule has 1 aromatic heterocycles. The Morgan fingerprint density at radius 2 is 2.14 bits per heavy atom. The lowest BCUT2D eigenvalue weighted by Gasteiger charge is -2.26. The van der Waals surface area contributed by atoms with Crippen molar-refractivity contribution < 1.29 is 14.4 Å². The Hall–Kier alpha value is -1.01. The van der Waals surface area contributed by atoms with E-state index < -0.39 is 0 Å². The van der Waals surface area contributed by atoms with E-state index in [-0.39, 0.29) is 17.4 Å². The number of nitrogens with one attached hydrogen (secondary N) is 1. The van der Waals surface area contributed by atoms with E-state index in [1.54, 1.807) is 18.7 Å². The van der Waals surface area contributed by atoms with Gasteiger partial charge in [-0.1, -0.05) is 19.0 Å². The van der Waals surface area contributed by atoms with Gasteiger partial charge in [0.2, 0.25) is 5.91 Å². The number of hydrogen-bond donors (Lipinski definition) is 2. The average molecular weight is 314 g/mol. The number of amides is 1. The van der Waals surface area contributed by atoms with Gasteiger partial charge in [0, 0.05) is 17.9 Å². The summed E-state index contributed by atoms with van der Waals surface area (Å²) in [6.07, 6.45) is 0.310. The van der Waals surface area contributed by atoms with Crippen LogP contribution >= 0.6 is 11.8 Å². The maximum absolute atomic E-state index is 11.8. The second-order valence-electron chi connectivity index (χ2n) is 6.29. The zero-order valence-corrected chi connectivity index (χ0v) is 14.3. The van der Waals surface area contributed by atoms with Crippen LogP contribution in [0.3, 0.4) is 0 Å². The summed E-state index contributed by atoms with van der Waals surface area (Å²) in [5.74, 6) is 1.98. The molecule has 1 amide bonds. The van der Waals surface area contributed by atoms with Gasteiger partial charge in [0.05, 0.1) is 17.6 Å². The Morgan fingerprint density at radius 3 is 2.67 bits per heavy atom. The minimum absolute atomic E-state index is 0.0189. The molecular formula is C15H26N2O3S. The zero-order valence-electron chi connectivity index (χ0n) is 13.5. The smallest absolute Gasteiger partial charge is 0.230 e. The molecule has 6 heteroatoms. The summed E-state index contributed by atoms with van der Waals surface area (Å²) in [5.41, 5.74) is 1.86. The van der Waals surface area contributed by atoms with Gasteiger partial charge in [-0.15, -0.1) is 11.8 Å². The van der Waals surface area contributed by atoms with Crippen molar-refractivity contribution in [3.63, 3.8) is 0 Å². The van der Waals surface area contributed by atoms with E-state index in [4.69, 9.17) is 4.52 Å². The first kappa shape index (κ1) is 18.0. The molecule has 1 aromatic rings. The van der Waals surface area contributed by atoms with Crippen molar-refractivity contribution >= 4 is 17.7 Å². The van der Waals surface area contributed by atoms with Crippen LogP contribution < -0.4 is 5.32 Å². The molecule has 0 aliphatic carbocycles. The Balaban J connectivity index is 2.29. The molecule has 2 N–H and O–H groups in total. The van der Waals surface area contributed by atoms with E-state index in [1.165, 1.54) is 0 Å². The standard InChI is InChI=1S/C15H26N2O3S/c1-10(18)6-15(4,5)9-16-14(19)8-21-7-13-11(2)17-20-12(13)3/h10,18H,6-9H2,1-5H3,(H,16,19). The first-order chi connectivity index (χ1) is 9.71. The highest BCUT2D eigenvalue weighted by Crippen LogP contribution is 2.22. The van der Waals surface area contributed by atoms with Crippen molar-refractivity contribution in [1.82, 2.24) is 10.5 Å². The van der Waals surface area contributed by atoms with Crippen molar-refractivity contribution in [3.05, 3.63) is 17.0 Å². The van der Waals surface area contributed by atoms with E-state index in [0.717, 1.165) is 22.8 Å². The number of hydrogen-bond acceptors (Lipinski definition) is 5. The van der Waals surface area contributed by atoms with Gasteiger partial charge in [-0.25, -0.2) is 0 Å². The van der Waals surface area contributed by atoms with Gasteiger partial charge < -0.3 is 14.9 Å². The number of thioether (sulfide) groups is 1. The third-order valence-electron chi connectivity index (χ3n) is 3.27. The normalized spacial score (nSPS) is 13.2. The Bertz CT molecular complexity index is 450. The molecule has 0 saturated heterocycles. The fourth-order valence-corrected chi connectivity index (χ4v) is 3.22. The lowest BCUT2D eigenvalue weighted by molar-refractivity contribution is -0.119. The summed E-state index contributed by atoms with van der Waals surface area (Å²) in [5, 5.41) is 16.2. The van der Waals surface area contributed by atoms with E-state index in [9.17, 15) is 9.90 Å². The van der Waals surface area contributed by atoms with Crippen LogP contribution in [-0.4, -0.2) is 34.6 Å². The molecule has 120 valence electrons. The van der Waals surface area contributed by atoms with E-state index in [1.807, 2.05) is 27.7 Å². The molecule has 0 aliphatic rings. The van der Waals surface area contributed by atoms with E-state index in [0.29, 0.717) is 18.7 Å². The minimum atomic E-state index is -0.356. The van der Waals surface area contributed by atoms with Gasteiger partial charge in [0.1, 0.15) is 5.76 Å². The van der Waals surface area contributed by atoms with E-state index >= 15 is 0 Å². The molecule has 0 spiro atoms. The van der Waals surface area contributed by atoms with Crippen LogP contribution in [0.15, 0.2) is 4.52 Å². The molecule has 1 unspecified atom stereocenters. The number of aromatic nitrogens is 1. The summed E-state index contributed by atoms with van der Waals surface area (Å²) in [6, 6.07) is 0. The van der Waals surface area contributed by atoms with Gasteiger partial charge in [0.25, 0.3) is 0 Å². The second-order valence-corrected chi connectivity index (χ2v) is 7.28. The van der Waals surface area contributed by atoms with Crippen LogP contribution in [0.25, 0.3) is 0 Å². The third kappa shape index (κ3) is 6.52. The third-order valence-corrected chi connectivity index (χ3v) is 4.23. The lowest BCUT2D eigenvalue weighted by Crippen LogP contribution is -2.36.